The van der Waals surface area contributed by atoms with Gasteiger partial charge in [0.1, 0.15) is 0 Å². The average molecular weight is 214 g/mol. The van der Waals surface area contributed by atoms with Crippen LogP contribution in [0.4, 0.5) is 0 Å². The molecule has 0 aliphatic heterocycles. The second-order valence-electron chi connectivity index (χ2n) is 7.04. The Hall–Kier alpha value is -0.0400. The van der Waals surface area contributed by atoms with Crippen molar-refractivity contribution in [3.05, 3.63) is 0 Å². The molecule has 0 aliphatic rings. The van der Waals surface area contributed by atoms with Crippen LogP contribution in [0.5, 0.6) is 0 Å². The summed E-state index contributed by atoms with van der Waals surface area (Å²) in [6.07, 6.45) is 2.35. The largest absolute Gasteiger partial charge is 0.396 e. The highest BCUT2D eigenvalue weighted by Gasteiger charge is 2.30. The van der Waals surface area contributed by atoms with Crippen molar-refractivity contribution in [3.63, 3.8) is 0 Å². The molecule has 92 valence electrons. The second kappa shape index (κ2) is 5.34. The first-order valence-corrected chi connectivity index (χ1v) is 6.21. The van der Waals surface area contributed by atoms with Crippen molar-refractivity contribution < 1.29 is 5.11 Å². The summed E-state index contributed by atoms with van der Waals surface area (Å²) in [6.45, 7) is 16.1. The lowest BCUT2D eigenvalue weighted by molar-refractivity contribution is 0.0625. The van der Waals surface area contributed by atoms with E-state index < -0.39 is 0 Å². The maximum atomic E-state index is 9.50. The summed E-state index contributed by atoms with van der Waals surface area (Å²) >= 11 is 0. The fraction of sp³-hybridized carbons (Fsp3) is 1.00. The van der Waals surface area contributed by atoms with Crippen LogP contribution in [0.2, 0.25) is 0 Å². The molecule has 0 rings (SSSR count). The third-order valence-corrected chi connectivity index (χ3v) is 3.53. The Morgan fingerprint density at radius 2 is 1.40 bits per heavy atom. The van der Waals surface area contributed by atoms with Gasteiger partial charge in [0, 0.05) is 6.61 Å². The topological polar surface area (TPSA) is 20.2 Å². The van der Waals surface area contributed by atoms with Crippen LogP contribution in [-0.4, -0.2) is 11.7 Å². The number of aliphatic hydroxyl groups excluding tert-OH is 1. The Kier molecular flexibility index (Phi) is 5.32. The zero-order valence-electron chi connectivity index (χ0n) is 11.7. The fourth-order valence-corrected chi connectivity index (χ4v) is 2.40. The van der Waals surface area contributed by atoms with Gasteiger partial charge in [0.05, 0.1) is 0 Å². The summed E-state index contributed by atoms with van der Waals surface area (Å²) in [4.78, 5) is 0. The number of rotatable bonds is 5. The molecule has 0 fully saturated rings. The van der Waals surface area contributed by atoms with Gasteiger partial charge in [-0.1, -0.05) is 48.5 Å². The molecule has 1 nitrogen and oxygen atoms in total. The predicted molar refractivity (Wildman–Crippen MR) is 67.9 cm³/mol. The van der Waals surface area contributed by atoms with E-state index in [0.717, 1.165) is 6.42 Å². The molecule has 0 aromatic heterocycles. The van der Waals surface area contributed by atoms with E-state index in [1.54, 1.807) is 0 Å². The van der Waals surface area contributed by atoms with Crippen molar-refractivity contribution >= 4 is 0 Å². The predicted octanol–water partition coefficient (Wildman–Crippen LogP) is 4.10. The minimum atomic E-state index is 0.0880. The van der Waals surface area contributed by atoms with Gasteiger partial charge in [-0.3, -0.25) is 0 Å². The smallest absolute Gasteiger partial charge is 0.0487 e. The first-order valence-electron chi connectivity index (χ1n) is 6.21. The molecular weight excluding hydrogens is 184 g/mol. The van der Waals surface area contributed by atoms with Gasteiger partial charge in [-0.25, -0.2) is 0 Å². The molecule has 0 aromatic carbocycles. The zero-order valence-corrected chi connectivity index (χ0v) is 11.7. The summed E-state index contributed by atoms with van der Waals surface area (Å²) in [5, 5.41) is 9.50. The molecule has 0 saturated carbocycles. The highest BCUT2D eigenvalue weighted by molar-refractivity contribution is 4.80. The minimum Gasteiger partial charge on any atom is -0.396 e. The number of hydrogen-bond acceptors (Lipinski definition) is 1. The average Bonchev–Trinajstić information content (AvgIpc) is 1.99. The van der Waals surface area contributed by atoms with Gasteiger partial charge in [0.25, 0.3) is 0 Å². The Morgan fingerprint density at radius 3 is 1.67 bits per heavy atom. The monoisotopic (exact) mass is 214 g/mol. The van der Waals surface area contributed by atoms with E-state index in [2.05, 4.69) is 48.5 Å². The van der Waals surface area contributed by atoms with Gasteiger partial charge in [-0.05, 0) is 35.5 Å². The molecule has 0 saturated heterocycles. The van der Waals surface area contributed by atoms with Gasteiger partial charge in [0.15, 0.2) is 0 Å². The molecule has 0 radical (unpaired) electrons. The maximum absolute atomic E-state index is 9.50. The van der Waals surface area contributed by atoms with Gasteiger partial charge < -0.3 is 5.11 Å². The van der Waals surface area contributed by atoms with Crippen molar-refractivity contribution in [1.82, 2.24) is 0 Å². The molecule has 0 heterocycles. The van der Waals surface area contributed by atoms with Crippen LogP contribution in [0.25, 0.3) is 0 Å². The lowest BCUT2D eigenvalue weighted by Crippen LogP contribution is -2.31. The summed E-state index contributed by atoms with van der Waals surface area (Å²) in [5.41, 5.74) is 0.484. The van der Waals surface area contributed by atoms with E-state index >= 15 is 0 Å². The summed E-state index contributed by atoms with van der Waals surface area (Å²) in [6, 6.07) is 0. The molecule has 0 amide bonds. The van der Waals surface area contributed by atoms with E-state index in [1.165, 1.54) is 6.42 Å². The summed E-state index contributed by atoms with van der Waals surface area (Å²) < 4.78 is 0. The van der Waals surface area contributed by atoms with Crippen molar-refractivity contribution in [2.75, 3.05) is 6.61 Å². The van der Waals surface area contributed by atoms with Gasteiger partial charge in [-0.2, -0.15) is 0 Å². The highest BCUT2D eigenvalue weighted by atomic mass is 16.3. The van der Waals surface area contributed by atoms with Crippen LogP contribution in [0, 0.1) is 22.7 Å². The van der Waals surface area contributed by atoms with Crippen molar-refractivity contribution in [2.45, 2.75) is 61.3 Å². The zero-order chi connectivity index (χ0) is 12.3. The Labute approximate surface area is 96.3 Å². The number of aliphatic hydroxyl groups is 1. The molecule has 2 atom stereocenters. The third-order valence-electron chi connectivity index (χ3n) is 3.53. The Balaban J connectivity index is 4.31. The lowest BCUT2D eigenvalue weighted by Gasteiger charge is -2.36. The van der Waals surface area contributed by atoms with Crippen molar-refractivity contribution in [3.8, 4) is 0 Å². The molecule has 15 heavy (non-hydrogen) atoms. The van der Waals surface area contributed by atoms with Crippen molar-refractivity contribution in [1.29, 1.82) is 0 Å². The van der Waals surface area contributed by atoms with Crippen molar-refractivity contribution in [2.24, 2.45) is 22.7 Å². The Bertz CT molecular complexity index is 178. The summed E-state index contributed by atoms with van der Waals surface area (Å²) in [5.74, 6) is 1.23. The first-order chi connectivity index (χ1) is 6.60. The van der Waals surface area contributed by atoms with Gasteiger partial charge in [-0.15, -0.1) is 0 Å². The van der Waals surface area contributed by atoms with E-state index in [-0.39, 0.29) is 5.41 Å². The maximum Gasteiger partial charge on any atom is 0.0487 e. The van der Waals surface area contributed by atoms with E-state index in [9.17, 15) is 5.11 Å². The highest BCUT2D eigenvalue weighted by Crippen LogP contribution is 2.37. The molecule has 0 aliphatic carbocycles. The third kappa shape index (κ3) is 5.55. The normalized spacial score (nSPS) is 19.0. The molecular formula is C14H30O. The minimum absolute atomic E-state index is 0.0880. The van der Waals surface area contributed by atoms with Gasteiger partial charge in [0.2, 0.25) is 0 Å². The SMILES string of the molecule is CC(CC(C)(C)C)CC(C)(CO)C(C)C. The van der Waals surface area contributed by atoms with E-state index in [4.69, 9.17) is 0 Å². The molecule has 0 spiro atoms. The standard InChI is InChI=1S/C14H30O/c1-11(2)14(7,10-15)9-12(3)8-13(4,5)6/h11-12,15H,8-10H2,1-7H3. The van der Waals surface area contributed by atoms with E-state index in [1.807, 2.05) is 0 Å². The molecule has 1 N–H and O–H groups in total. The van der Waals surface area contributed by atoms with E-state index in [0.29, 0.717) is 23.9 Å². The summed E-state index contributed by atoms with van der Waals surface area (Å²) in [7, 11) is 0. The molecule has 0 bridgehead atoms. The van der Waals surface area contributed by atoms with Crippen LogP contribution >= 0.6 is 0 Å². The molecule has 2 unspecified atom stereocenters. The molecule has 0 aromatic rings. The van der Waals surface area contributed by atoms with Crippen LogP contribution in [0.1, 0.15) is 61.3 Å². The van der Waals surface area contributed by atoms with Crippen LogP contribution in [0.3, 0.4) is 0 Å². The van der Waals surface area contributed by atoms with Crippen LogP contribution < -0.4 is 0 Å². The van der Waals surface area contributed by atoms with Crippen LogP contribution in [-0.2, 0) is 0 Å². The van der Waals surface area contributed by atoms with Crippen LogP contribution in [0.15, 0.2) is 0 Å². The van der Waals surface area contributed by atoms with Gasteiger partial charge >= 0.3 is 0 Å². The molecule has 1 heteroatoms. The first kappa shape index (κ1) is 15.0. The lowest BCUT2D eigenvalue weighted by atomic mass is 9.71. The quantitative estimate of drug-likeness (QED) is 0.730. The second-order valence-corrected chi connectivity index (χ2v) is 7.04. The number of hydrogen-bond donors (Lipinski definition) is 1. The Morgan fingerprint density at radius 1 is 0.933 bits per heavy atom. The fourth-order valence-electron chi connectivity index (χ4n) is 2.40.